The van der Waals surface area contributed by atoms with E-state index < -0.39 is 23.6 Å². The van der Waals surface area contributed by atoms with Gasteiger partial charge < -0.3 is 10.2 Å². The lowest BCUT2D eigenvalue weighted by Gasteiger charge is -2.12. The van der Waals surface area contributed by atoms with Crippen molar-refractivity contribution in [2.45, 2.75) is 13.3 Å². The van der Waals surface area contributed by atoms with Crippen molar-refractivity contribution in [2.24, 2.45) is 5.92 Å². The van der Waals surface area contributed by atoms with Gasteiger partial charge in [0.05, 0.1) is 5.92 Å². The highest BCUT2D eigenvalue weighted by atomic mass is 16.4. The molecule has 0 heterocycles. The SMILES string of the molecule is CC=C(C(=O)O)C(CC(=O)c1ccc2ccccc2c1)C(=O)O. The van der Waals surface area contributed by atoms with Crippen LogP contribution in [0.25, 0.3) is 10.8 Å². The molecule has 0 radical (unpaired) electrons. The molecule has 118 valence electrons. The summed E-state index contributed by atoms with van der Waals surface area (Å²) in [6.07, 6.45) is 0.828. The molecule has 0 aliphatic heterocycles. The van der Waals surface area contributed by atoms with E-state index in [2.05, 4.69) is 0 Å². The van der Waals surface area contributed by atoms with E-state index in [-0.39, 0.29) is 12.0 Å². The third-order valence-corrected chi connectivity index (χ3v) is 3.69. The van der Waals surface area contributed by atoms with Crippen molar-refractivity contribution < 1.29 is 24.6 Å². The number of allylic oxidation sites excluding steroid dienone is 1. The van der Waals surface area contributed by atoms with Crippen molar-refractivity contribution in [3.05, 3.63) is 59.7 Å². The second-order valence-electron chi connectivity index (χ2n) is 5.13. The number of carbonyl (C=O) groups is 3. The maximum atomic E-state index is 12.4. The van der Waals surface area contributed by atoms with Crippen molar-refractivity contribution >= 4 is 28.5 Å². The molecule has 1 atom stereocenters. The molecule has 2 aromatic rings. The predicted octanol–water partition coefficient (Wildman–Crippen LogP) is 3.14. The molecule has 0 fully saturated rings. The van der Waals surface area contributed by atoms with Gasteiger partial charge in [-0.15, -0.1) is 0 Å². The Hall–Kier alpha value is -2.95. The number of benzene rings is 2. The molecule has 2 aromatic carbocycles. The zero-order valence-electron chi connectivity index (χ0n) is 12.5. The van der Waals surface area contributed by atoms with E-state index in [1.165, 1.54) is 13.0 Å². The Morgan fingerprint density at radius 2 is 1.70 bits per heavy atom. The highest BCUT2D eigenvalue weighted by molar-refractivity contribution is 6.03. The predicted molar refractivity (Wildman–Crippen MR) is 85.4 cm³/mol. The van der Waals surface area contributed by atoms with Gasteiger partial charge in [-0.25, -0.2) is 4.79 Å². The minimum Gasteiger partial charge on any atom is -0.481 e. The van der Waals surface area contributed by atoms with E-state index in [0.717, 1.165) is 10.8 Å². The largest absolute Gasteiger partial charge is 0.481 e. The second-order valence-corrected chi connectivity index (χ2v) is 5.13. The summed E-state index contributed by atoms with van der Waals surface area (Å²) in [5.74, 6) is -4.42. The Morgan fingerprint density at radius 1 is 1.04 bits per heavy atom. The van der Waals surface area contributed by atoms with E-state index in [4.69, 9.17) is 5.11 Å². The van der Waals surface area contributed by atoms with Crippen LogP contribution in [-0.2, 0) is 9.59 Å². The molecule has 1 unspecified atom stereocenters. The van der Waals surface area contributed by atoms with Gasteiger partial charge in [-0.3, -0.25) is 9.59 Å². The Labute approximate surface area is 132 Å². The van der Waals surface area contributed by atoms with Gasteiger partial charge in [0.25, 0.3) is 0 Å². The fraction of sp³-hybridized carbons (Fsp3) is 0.167. The molecule has 0 saturated carbocycles. The molecule has 0 spiro atoms. The average molecular weight is 312 g/mol. The molecule has 2 rings (SSSR count). The first-order chi connectivity index (χ1) is 10.9. The molecule has 0 aromatic heterocycles. The average Bonchev–Trinajstić information content (AvgIpc) is 2.53. The number of carboxylic acid groups (broad SMARTS) is 2. The number of carbonyl (C=O) groups excluding carboxylic acids is 1. The number of carboxylic acids is 2. The number of fused-ring (bicyclic) bond motifs is 1. The van der Waals surface area contributed by atoms with Crippen molar-refractivity contribution in [3.8, 4) is 0 Å². The molecule has 0 aliphatic rings. The summed E-state index contributed by atoms with van der Waals surface area (Å²) in [6, 6.07) is 12.6. The van der Waals surface area contributed by atoms with Crippen LogP contribution in [0.15, 0.2) is 54.1 Å². The number of hydrogen-bond acceptors (Lipinski definition) is 3. The fourth-order valence-corrected chi connectivity index (χ4v) is 2.47. The molecular weight excluding hydrogens is 296 g/mol. The lowest BCUT2D eigenvalue weighted by atomic mass is 9.90. The first-order valence-corrected chi connectivity index (χ1v) is 7.08. The molecular formula is C18H16O5. The van der Waals surface area contributed by atoms with Gasteiger partial charge in [0, 0.05) is 17.6 Å². The van der Waals surface area contributed by atoms with E-state index >= 15 is 0 Å². The van der Waals surface area contributed by atoms with Crippen LogP contribution in [0.1, 0.15) is 23.7 Å². The van der Waals surface area contributed by atoms with Gasteiger partial charge in [0.1, 0.15) is 0 Å². The molecule has 23 heavy (non-hydrogen) atoms. The molecule has 2 N–H and O–H groups in total. The Bertz CT molecular complexity index is 804. The minimum atomic E-state index is -1.36. The minimum absolute atomic E-state index is 0.286. The van der Waals surface area contributed by atoms with Gasteiger partial charge in [0.2, 0.25) is 0 Å². The third-order valence-electron chi connectivity index (χ3n) is 3.69. The quantitative estimate of drug-likeness (QED) is 0.631. The fourth-order valence-electron chi connectivity index (χ4n) is 2.47. The maximum absolute atomic E-state index is 12.4. The van der Waals surface area contributed by atoms with Gasteiger partial charge in [-0.2, -0.15) is 0 Å². The summed E-state index contributed by atoms with van der Waals surface area (Å²) >= 11 is 0. The molecule has 0 saturated heterocycles. The third kappa shape index (κ3) is 3.63. The van der Waals surface area contributed by atoms with E-state index in [1.54, 1.807) is 18.2 Å². The molecule has 0 amide bonds. The first kappa shape index (κ1) is 16.4. The second kappa shape index (κ2) is 6.87. The first-order valence-electron chi connectivity index (χ1n) is 7.08. The summed E-state index contributed by atoms with van der Waals surface area (Å²) < 4.78 is 0. The number of Topliss-reactive ketones (excluding diaryl/α,β-unsaturated/α-hetero) is 1. The number of aliphatic carboxylic acids is 2. The molecule has 0 aliphatic carbocycles. The lowest BCUT2D eigenvalue weighted by Crippen LogP contribution is -2.24. The zero-order chi connectivity index (χ0) is 17.0. The Morgan fingerprint density at radius 3 is 2.26 bits per heavy atom. The highest BCUT2D eigenvalue weighted by Crippen LogP contribution is 2.22. The topological polar surface area (TPSA) is 91.7 Å². The summed E-state index contributed by atoms with van der Waals surface area (Å²) in [6.45, 7) is 1.44. The van der Waals surface area contributed by atoms with Gasteiger partial charge in [-0.1, -0.05) is 42.5 Å². The van der Waals surface area contributed by atoms with E-state index in [0.29, 0.717) is 5.56 Å². The normalized spacial score (nSPS) is 12.8. The van der Waals surface area contributed by atoms with Gasteiger partial charge in [0.15, 0.2) is 5.78 Å². The maximum Gasteiger partial charge on any atom is 0.332 e. The molecule has 5 nitrogen and oxygen atoms in total. The highest BCUT2D eigenvalue weighted by Gasteiger charge is 2.29. The lowest BCUT2D eigenvalue weighted by molar-refractivity contribution is -0.143. The zero-order valence-corrected chi connectivity index (χ0v) is 12.5. The van der Waals surface area contributed by atoms with Crippen LogP contribution in [0.3, 0.4) is 0 Å². The van der Waals surface area contributed by atoms with Crippen molar-refractivity contribution in [3.63, 3.8) is 0 Å². The number of ketones is 1. The number of rotatable bonds is 6. The van der Waals surface area contributed by atoms with E-state index in [9.17, 15) is 19.5 Å². The van der Waals surface area contributed by atoms with Crippen LogP contribution in [0.4, 0.5) is 0 Å². The monoisotopic (exact) mass is 312 g/mol. The molecule has 5 heteroatoms. The van der Waals surface area contributed by atoms with Crippen LogP contribution in [0.2, 0.25) is 0 Å². The summed E-state index contributed by atoms with van der Waals surface area (Å²) in [7, 11) is 0. The van der Waals surface area contributed by atoms with Crippen molar-refractivity contribution in [2.75, 3.05) is 0 Å². The molecule has 0 bridgehead atoms. The van der Waals surface area contributed by atoms with Crippen molar-refractivity contribution in [1.82, 2.24) is 0 Å². The Balaban J connectivity index is 2.30. The van der Waals surface area contributed by atoms with Gasteiger partial charge >= 0.3 is 11.9 Å². The van der Waals surface area contributed by atoms with Crippen LogP contribution in [-0.4, -0.2) is 27.9 Å². The Kier molecular flexibility index (Phi) is 4.91. The number of hydrogen-bond donors (Lipinski definition) is 2. The van der Waals surface area contributed by atoms with Crippen LogP contribution >= 0.6 is 0 Å². The van der Waals surface area contributed by atoms with Crippen LogP contribution < -0.4 is 0 Å². The van der Waals surface area contributed by atoms with Crippen LogP contribution in [0, 0.1) is 5.92 Å². The standard InChI is InChI=1S/C18H16O5/c1-2-14(17(20)21)15(18(22)23)10-16(19)13-8-7-11-5-3-4-6-12(11)9-13/h2-9,15H,10H2,1H3,(H,20,21)(H,22,23). The van der Waals surface area contributed by atoms with Crippen molar-refractivity contribution in [1.29, 1.82) is 0 Å². The summed E-state index contributed by atoms with van der Waals surface area (Å²) in [5.41, 5.74) is 0.0856. The summed E-state index contributed by atoms with van der Waals surface area (Å²) in [5, 5.41) is 20.2. The summed E-state index contributed by atoms with van der Waals surface area (Å²) in [4.78, 5) is 34.8. The van der Waals surface area contributed by atoms with E-state index in [1.807, 2.05) is 24.3 Å². The smallest absolute Gasteiger partial charge is 0.332 e. The van der Waals surface area contributed by atoms with Gasteiger partial charge in [-0.05, 0) is 23.8 Å². The van der Waals surface area contributed by atoms with Crippen LogP contribution in [0.5, 0.6) is 0 Å².